The number of carbonyl (C=O) groups is 1. The number of para-hydroxylation sites is 1. The third kappa shape index (κ3) is 4.44. The summed E-state index contributed by atoms with van der Waals surface area (Å²) in [5.74, 6) is -0.0223. The summed E-state index contributed by atoms with van der Waals surface area (Å²) in [7, 11) is 0. The zero-order valence-corrected chi connectivity index (χ0v) is 18.9. The van der Waals surface area contributed by atoms with Crippen LogP contribution < -0.4 is 5.32 Å². The summed E-state index contributed by atoms with van der Waals surface area (Å²) >= 11 is 18.7. The van der Waals surface area contributed by atoms with Crippen LogP contribution in [-0.4, -0.2) is 20.7 Å². The Morgan fingerprint density at radius 1 is 0.903 bits per heavy atom. The molecule has 0 saturated carbocycles. The molecule has 0 aliphatic carbocycles. The maximum Gasteiger partial charge on any atom is 0.295 e. The molecule has 1 heterocycles. The van der Waals surface area contributed by atoms with Gasteiger partial charge in [0.1, 0.15) is 0 Å². The molecule has 4 rings (SSSR count). The lowest BCUT2D eigenvalue weighted by Crippen LogP contribution is -2.15. The molecule has 5 nitrogen and oxygen atoms in total. The Hall–Kier alpha value is -2.86. The molecule has 0 radical (unpaired) electrons. The molecular weight excluding hydrogens is 455 g/mol. The summed E-state index contributed by atoms with van der Waals surface area (Å²) in [6, 6.07) is 18.1. The molecule has 0 bridgehead atoms. The normalized spacial score (nSPS) is 10.9. The number of rotatable bonds is 4. The van der Waals surface area contributed by atoms with Crippen molar-refractivity contribution in [2.24, 2.45) is 0 Å². The lowest BCUT2D eigenvalue weighted by molar-refractivity contribution is 0.101. The van der Waals surface area contributed by atoms with Gasteiger partial charge in [-0.3, -0.25) is 4.79 Å². The van der Waals surface area contributed by atoms with Crippen molar-refractivity contribution in [2.45, 2.75) is 13.8 Å². The van der Waals surface area contributed by atoms with Crippen LogP contribution in [0.2, 0.25) is 15.1 Å². The number of benzene rings is 3. The third-order valence-electron chi connectivity index (χ3n) is 4.75. The van der Waals surface area contributed by atoms with Gasteiger partial charge in [-0.25, -0.2) is 9.67 Å². The highest BCUT2D eigenvalue weighted by Gasteiger charge is 2.20. The van der Waals surface area contributed by atoms with E-state index in [1.165, 1.54) is 0 Å². The van der Waals surface area contributed by atoms with E-state index in [1.54, 1.807) is 28.9 Å². The fraction of sp³-hybridized carbons (Fsp3) is 0.0870. The van der Waals surface area contributed by atoms with E-state index in [2.05, 4.69) is 15.4 Å². The van der Waals surface area contributed by atoms with E-state index in [0.717, 1.165) is 11.1 Å². The molecule has 3 aromatic carbocycles. The van der Waals surface area contributed by atoms with Crippen molar-refractivity contribution >= 4 is 46.4 Å². The second kappa shape index (κ2) is 8.71. The van der Waals surface area contributed by atoms with Crippen molar-refractivity contribution in [3.8, 4) is 17.1 Å². The molecule has 156 valence electrons. The Labute approximate surface area is 194 Å². The van der Waals surface area contributed by atoms with E-state index >= 15 is 0 Å². The van der Waals surface area contributed by atoms with Crippen LogP contribution in [-0.2, 0) is 0 Å². The Bertz CT molecular complexity index is 1280. The highest BCUT2D eigenvalue weighted by Crippen LogP contribution is 2.28. The summed E-state index contributed by atoms with van der Waals surface area (Å²) in [5, 5.41) is 8.84. The maximum absolute atomic E-state index is 13.0. The van der Waals surface area contributed by atoms with Crippen LogP contribution in [0.4, 0.5) is 5.69 Å². The summed E-state index contributed by atoms with van der Waals surface area (Å²) in [6.07, 6.45) is 0. The summed E-state index contributed by atoms with van der Waals surface area (Å²) < 4.78 is 1.57. The number of aryl methyl sites for hydroxylation is 2. The topological polar surface area (TPSA) is 59.8 Å². The van der Waals surface area contributed by atoms with Gasteiger partial charge in [-0.1, -0.05) is 65.1 Å². The number of hydrogen-bond acceptors (Lipinski definition) is 3. The van der Waals surface area contributed by atoms with Crippen LogP contribution in [0.15, 0.2) is 60.7 Å². The smallest absolute Gasteiger partial charge is 0.295 e. The van der Waals surface area contributed by atoms with Crippen LogP contribution in [0.5, 0.6) is 0 Å². The van der Waals surface area contributed by atoms with Crippen LogP contribution >= 0.6 is 34.8 Å². The fourth-order valence-corrected chi connectivity index (χ4v) is 3.71. The third-order valence-corrected chi connectivity index (χ3v) is 5.71. The largest absolute Gasteiger partial charge is 0.318 e. The molecule has 1 amide bonds. The molecule has 1 aromatic heterocycles. The second-order valence-corrected chi connectivity index (χ2v) is 8.25. The molecule has 8 heteroatoms. The first-order chi connectivity index (χ1) is 14.8. The molecule has 0 fully saturated rings. The first-order valence-corrected chi connectivity index (χ1v) is 10.5. The Kier molecular flexibility index (Phi) is 6.01. The predicted molar refractivity (Wildman–Crippen MR) is 126 cm³/mol. The predicted octanol–water partition coefficient (Wildman–Crippen LogP) is 6.76. The van der Waals surface area contributed by atoms with Gasteiger partial charge in [0.05, 0.1) is 16.4 Å². The van der Waals surface area contributed by atoms with E-state index < -0.39 is 5.91 Å². The monoisotopic (exact) mass is 470 g/mol. The number of amides is 1. The van der Waals surface area contributed by atoms with Crippen molar-refractivity contribution in [1.29, 1.82) is 0 Å². The average Bonchev–Trinajstić information content (AvgIpc) is 3.18. The van der Waals surface area contributed by atoms with Gasteiger partial charge in [0.25, 0.3) is 5.91 Å². The standard InChI is InChI=1S/C23H17Cl3N4O/c1-13-9-10-17(12-19(13)26)30-22(15-6-4-7-16(24)11-15)28-21(29-30)23(31)27-20-14(2)5-3-8-18(20)25/h3-12H,1-2H3,(H,27,31). The zero-order valence-electron chi connectivity index (χ0n) is 16.7. The van der Waals surface area contributed by atoms with Gasteiger partial charge >= 0.3 is 0 Å². The van der Waals surface area contributed by atoms with E-state index in [1.807, 2.05) is 50.2 Å². The fourth-order valence-electron chi connectivity index (χ4n) is 3.08. The highest BCUT2D eigenvalue weighted by molar-refractivity contribution is 6.34. The summed E-state index contributed by atoms with van der Waals surface area (Å²) in [5.41, 5.74) is 3.67. The number of hydrogen-bond donors (Lipinski definition) is 1. The van der Waals surface area contributed by atoms with Gasteiger partial charge in [-0.05, 0) is 55.3 Å². The minimum Gasteiger partial charge on any atom is -0.318 e. The van der Waals surface area contributed by atoms with Crippen LogP contribution in [0, 0.1) is 13.8 Å². The van der Waals surface area contributed by atoms with E-state index in [0.29, 0.717) is 37.8 Å². The molecule has 0 aliphatic rings. The molecule has 0 spiro atoms. The minimum atomic E-state index is -0.476. The number of nitrogens with one attached hydrogen (secondary N) is 1. The molecule has 1 N–H and O–H groups in total. The van der Waals surface area contributed by atoms with Crippen LogP contribution in [0.1, 0.15) is 21.7 Å². The SMILES string of the molecule is Cc1ccc(-n2nc(C(=O)Nc3c(C)cccc3Cl)nc2-c2cccc(Cl)c2)cc1Cl. The Morgan fingerprint density at radius 2 is 1.68 bits per heavy atom. The molecule has 0 unspecified atom stereocenters. The lowest BCUT2D eigenvalue weighted by atomic mass is 10.2. The quantitative estimate of drug-likeness (QED) is 0.357. The van der Waals surface area contributed by atoms with E-state index in [-0.39, 0.29) is 5.82 Å². The number of halogens is 3. The van der Waals surface area contributed by atoms with Crippen molar-refractivity contribution < 1.29 is 4.79 Å². The molecule has 0 aliphatic heterocycles. The van der Waals surface area contributed by atoms with Crippen molar-refractivity contribution in [3.63, 3.8) is 0 Å². The van der Waals surface area contributed by atoms with Gasteiger partial charge in [0.2, 0.25) is 5.82 Å². The van der Waals surface area contributed by atoms with Crippen LogP contribution in [0.3, 0.4) is 0 Å². The molecular formula is C23H17Cl3N4O. The van der Waals surface area contributed by atoms with Gasteiger partial charge < -0.3 is 5.32 Å². The zero-order chi connectivity index (χ0) is 22.1. The Balaban J connectivity index is 1.81. The lowest BCUT2D eigenvalue weighted by Gasteiger charge is -2.08. The number of anilines is 1. The Morgan fingerprint density at radius 3 is 2.39 bits per heavy atom. The number of carbonyl (C=O) groups excluding carboxylic acids is 1. The molecule has 0 saturated heterocycles. The van der Waals surface area contributed by atoms with Gasteiger partial charge in [-0.2, -0.15) is 0 Å². The minimum absolute atomic E-state index is 0.00834. The average molecular weight is 472 g/mol. The van der Waals surface area contributed by atoms with E-state index in [9.17, 15) is 4.79 Å². The van der Waals surface area contributed by atoms with Crippen molar-refractivity contribution in [2.75, 3.05) is 5.32 Å². The molecule has 4 aromatic rings. The summed E-state index contributed by atoms with van der Waals surface area (Å²) in [6.45, 7) is 3.77. The number of nitrogens with zero attached hydrogens (tertiary/aromatic N) is 3. The number of aromatic nitrogens is 3. The highest BCUT2D eigenvalue weighted by atomic mass is 35.5. The van der Waals surface area contributed by atoms with Crippen LogP contribution in [0.25, 0.3) is 17.1 Å². The van der Waals surface area contributed by atoms with E-state index in [4.69, 9.17) is 34.8 Å². The molecule has 31 heavy (non-hydrogen) atoms. The van der Waals surface area contributed by atoms with Gasteiger partial charge in [0.15, 0.2) is 5.82 Å². The maximum atomic E-state index is 13.0. The van der Waals surface area contributed by atoms with Gasteiger partial charge in [-0.15, -0.1) is 5.10 Å². The first-order valence-electron chi connectivity index (χ1n) is 9.39. The van der Waals surface area contributed by atoms with Crippen molar-refractivity contribution in [1.82, 2.24) is 14.8 Å². The summed E-state index contributed by atoms with van der Waals surface area (Å²) in [4.78, 5) is 17.5. The molecule has 0 atom stereocenters. The second-order valence-electron chi connectivity index (χ2n) is 7.00. The first kappa shape index (κ1) is 21.4. The van der Waals surface area contributed by atoms with Gasteiger partial charge in [0, 0.05) is 15.6 Å². The van der Waals surface area contributed by atoms with Crippen molar-refractivity contribution in [3.05, 3.63) is 92.7 Å².